The lowest BCUT2D eigenvalue weighted by molar-refractivity contribution is -0.132. The minimum absolute atomic E-state index is 0.0573. The fourth-order valence-electron chi connectivity index (χ4n) is 1.44. The first kappa shape index (κ1) is 11.1. The summed E-state index contributed by atoms with van der Waals surface area (Å²) in [5.41, 5.74) is -0.273. The van der Waals surface area contributed by atoms with Crippen molar-refractivity contribution in [1.82, 2.24) is 10.3 Å². The number of amides is 2. The van der Waals surface area contributed by atoms with Crippen LogP contribution in [0.2, 0.25) is 0 Å². The molecule has 0 aliphatic carbocycles. The highest BCUT2D eigenvalue weighted by atomic mass is 16.4. The SMILES string of the molecule is CC1C(=O)NC(=O)CN1c1nc(C(=O)O)co1. The third-order valence-electron chi connectivity index (χ3n) is 2.38. The molecule has 1 atom stereocenters. The van der Waals surface area contributed by atoms with Crippen LogP contribution in [0.15, 0.2) is 10.7 Å². The van der Waals surface area contributed by atoms with Gasteiger partial charge in [0, 0.05) is 0 Å². The highest BCUT2D eigenvalue weighted by Gasteiger charge is 2.33. The molecule has 2 rings (SSSR count). The van der Waals surface area contributed by atoms with E-state index >= 15 is 0 Å². The summed E-state index contributed by atoms with van der Waals surface area (Å²) in [4.78, 5) is 38.2. The van der Waals surface area contributed by atoms with E-state index in [2.05, 4.69) is 10.3 Å². The van der Waals surface area contributed by atoms with Crippen molar-refractivity contribution < 1.29 is 23.9 Å². The summed E-state index contributed by atoms with van der Waals surface area (Å²) >= 11 is 0. The fourth-order valence-corrected chi connectivity index (χ4v) is 1.44. The van der Waals surface area contributed by atoms with Crippen LogP contribution in [0.25, 0.3) is 0 Å². The molecule has 0 saturated carbocycles. The van der Waals surface area contributed by atoms with Crippen LogP contribution in [0.4, 0.5) is 6.01 Å². The average molecular weight is 239 g/mol. The van der Waals surface area contributed by atoms with Crippen LogP contribution < -0.4 is 10.2 Å². The number of aromatic nitrogens is 1. The number of carbonyl (C=O) groups is 3. The summed E-state index contributed by atoms with van der Waals surface area (Å²) in [6.07, 6.45) is 0.960. The molecule has 1 aliphatic heterocycles. The van der Waals surface area contributed by atoms with Crippen LogP contribution in [-0.2, 0) is 9.59 Å². The number of aromatic carboxylic acids is 1. The predicted octanol–water partition coefficient (Wildman–Crippen LogP) is -0.776. The van der Waals surface area contributed by atoms with Gasteiger partial charge in [-0.3, -0.25) is 14.9 Å². The first-order valence-electron chi connectivity index (χ1n) is 4.78. The maximum atomic E-state index is 11.4. The highest BCUT2D eigenvalue weighted by Crippen LogP contribution is 2.18. The Morgan fingerprint density at radius 1 is 1.65 bits per heavy atom. The molecule has 90 valence electrons. The number of hydrogen-bond acceptors (Lipinski definition) is 6. The van der Waals surface area contributed by atoms with Gasteiger partial charge in [-0.05, 0) is 6.92 Å². The Morgan fingerprint density at radius 2 is 2.35 bits per heavy atom. The van der Waals surface area contributed by atoms with Gasteiger partial charge in [-0.25, -0.2) is 4.79 Å². The van der Waals surface area contributed by atoms with E-state index in [9.17, 15) is 14.4 Å². The molecule has 0 aromatic carbocycles. The Bertz CT molecular complexity index is 495. The van der Waals surface area contributed by atoms with E-state index in [1.165, 1.54) is 4.90 Å². The van der Waals surface area contributed by atoms with Crippen molar-refractivity contribution in [1.29, 1.82) is 0 Å². The summed E-state index contributed by atoms with van der Waals surface area (Å²) in [7, 11) is 0. The number of anilines is 1. The second-order valence-electron chi connectivity index (χ2n) is 3.54. The molecular weight excluding hydrogens is 230 g/mol. The van der Waals surface area contributed by atoms with Gasteiger partial charge in [0.2, 0.25) is 11.8 Å². The zero-order valence-electron chi connectivity index (χ0n) is 8.84. The molecule has 0 bridgehead atoms. The first-order valence-corrected chi connectivity index (χ1v) is 4.78. The topological polar surface area (TPSA) is 113 Å². The zero-order chi connectivity index (χ0) is 12.6. The number of rotatable bonds is 2. The van der Waals surface area contributed by atoms with E-state index in [1.54, 1.807) is 6.92 Å². The van der Waals surface area contributed by atoms with E-state index in [0.717, 1.165) is 6.26 Å². The molecule has 2 N–H and O–H groups in total. The molecule has 1 aromatic rings. The van der Waals surface area contributed by atoms with Gasteiger partial charge < -0.3 is 14.4 Å². The van der Waals surface area contributed by atoms with Gasteiger partial charge in [-0.2, -0.15) is 4.98 Å². The first-order chi connectivity index (χ1) is 7.99. The Labute approximate surface area is 95.2 Å². The Balaban J connectivity index is 2.28. The van der Waals surface area contributed by atoms with Crippen molar-refractivity contribution >= 4 is 23.8 Å². The Hall–Kier alpha value is -2.38. The van der Waals surface area contributed by atoms with Gasteiger partial charge in [0.25, 0.3) is 6.01 Å². The van der Waals surface area contributed by atoms with E-state index in [4.69, 9.17) is 9.52 Å². The molecule has 1 aromatic heterocycles. The number of piperazine rings is 1. The number of nitrogens with zero attached hydrogens (tertiary/aromatic N) is 2. The number of oxazole rings is 1. The number of carbonyl (C=O) groups excluding carboxylic acids is 2. The maximum Gasteiger partial charge on any atom is 0.357 e. The average Bonchev–Trinajstić information content (AvgIpc) is 2.72. The van der Waals surface area contributed by atoms with Crippen molar-refractivity contribution in [3.05, 3.63) is 12.0 Å². The second-order valence-corrected chi connectivity index (χ2v) is 3.54. The summed E-state index contributed by atoms with van der Waals surface area (Å²) in [6, 6.07) is -0.703. The lowest BCUT2D eigenvalue weighted by atomic mass is 10.2. The fraction of sp³-hybridized carbons (Fsp3) is 0.333. The summed E-state index contributed by atoms with van der Waals surface area (Å²) in [6.45, 7) is 1.46. The minimum Gasteiger partial charge on any atom is -0.476 e. The van der Waals surface area contributed by atoms with E-state index in [-0.39, 0.29) is 18.3 Å². The van der Waals surface area contributed by atoms with Crippen molar-refractivity contribution in [2.24, 2.45) is 0 Å². The Kier molecular flexibility index (Phi) is 2.54. The van der Waals surface area contributed by atoms with E-state index < -0.39 is 23.8 Å². The summed E-state index contributed by atoms with van der Waals surface area (Å²) < 4.78 is 4.93. The van der Waals surface area contributed by atoms with Crippen LogP contribution in [0.5, 0.6) is 0 Å². The van der Waals surface area contributed by atoms with E-state index in [1.807, 2.05) is 0 Å². The van der Waals surface area contributed by atoms with Gasteiger partial charge >= 0.3 is 5.97 Å². The monoisotopic (exact) mass is 239 g/mol. The van der Waals surface area contributed by atoms with Gasteiger partial charge in [-0.1, -0.05) is 0 Å². The lowest BCUT2D eigenvalue weighted by Crippen LogP contribution is -2.57. The standard InChI is InChI=1S/C9H9N3O5/c1-4-7(14)11-6(13)2-12(4)9-10-5(3-17-9)8(15)16/h3-4H,2H2,1H3,(H,15,16)(H,11,13,14). The number of carboxylic acid groups (broad SMARTS) is 1. The molecule has 8 heteroatoms. The highest BCUT2D eigenvalue weighted by molar-refractivity contribution is 6.04. The second kappa shape index (κ2) is 3.89. The normalized spacial score (nSPS) is 20.3. The van der Waals surface area contributed by atoms with Crippen LogP contribution in [0, 0.1) is 0 Å². The van der Waals surface area contributed by atoms with Crippen LogP contribution in [0.3, 0.4) is 0 Å². The third-order valence-corrected chi connectivity index (χ3v) is 2.38. The molecule has 2 amide bonds. The number of carboxylic acids is 1. The van der Waals surface area contributed by atoms with Gasteiger partial charge in [0.05, 0.1) is 0 Å². The van der Waals surface area contributed by atoms with Gasteiger partial charge in [0.1, 0.15) is 18.8 Å². The molecule has 1 unspecified atom stereocenters. The lowest BCUT2D eigenvalue weighted by Gasteiger charge is -2.29. The van der Waals surface area contributed by atoms with Crippen LogP contribution >= 0.6 is 0 Å². The number of imide groups is 1. The maximum absolute atomic E-state index is 11.4. The molecule has 8 nitrogen and oxygen atoms in total. The minimum atomic E-state index is -1.24. The molecule has 2 heterocycles. The van der Waals surface area contributed by atoms with Crippen molar-refractivity contribution in [2.45, 2.75) is 13.0 Å². The molecular formula is C9H9N3O5. The predicted molar refractivity (Wildman–Crippen MR) is 53.4 cm³/mol. The summed E-state index contributed by atoms with van der Waals surface area (Å²) in [5.74, 6) is -2.19. The van der Waals surface area contributed by atoms with Crippen molar-refractivity contribution in [3.63, 3.8) is 0 Å². The smallest absolute Gasteiger partial charge is 0.357 e. The number of nitrogens with one attached hydrogen (secondary N) is 1. The third kappa shape index (κ3) is 1.96. The van der Waals surface area contributed by atoms with Gasteiger partial charge in [-0.15, -0.1) is 0 Å². The van der Waals surface area contributed by atoms with Crippen LogP contribution in [0.1, 0.15) is 17.4 Å². The Morgan fingerprint density at radius 3 is 2.94 bits per heavy atom. The van der Waals surface area contributed by atoms with E-state index in [0.29, 0.717) is 0 Å². The zero-order valence-corrected chi connectivity index (χ0v) is 8.84. The summed E-state index contributed by atoms with van der Waals surface area (Å²) in [5, 5.41) is 10.8. The molecule has 1 aliphatic rings. The van der Waals surface area contributed by atoms with Crippen LogP contribution in [-0.4, -0.2) is 40.5 Å². The molecule has 1 fully saturated rings. The number of hydrogen-bond donors (Lipinski definition) is 2. The van der Waals surface area contributed by atoms with Crippen molar-refractivity contribution in [2.75, 3.05) is 11.4 Å². The van der Waals surface area contributed by atoms with Gasteiger partial charge in [0.15, 0.2) is 5.69 Å². The molecule has 1 saturated heterocycles. The molecule has 0 radical (unpaired) electrons. The largest absolute Gasteiger partial charge is 0.476 e. The van der Waals surface area contributed by atoms with Crippen molar-refractivity contribution in [3.8, 4) is 0 Å². The molecule has 0 spiro atoms. The quantitative estimate of drug-likeness (QED) is 0.651. The molecule has 17 heavy (non-hydrogen) atoms.